The third-order valence-corrected chi connectivity index (χ3v) is 2.76. The van der Waals surface area contributed by atoms with Gasteiger partial charge < -0.3 is 14.2 Å². The van der Waals surface area contributed by atoms with E-state index >= 15 is 0 Å². The summed E-state index contributed by atoms with van der Waals surface area (Å²) >= 11 is 3.32. The van der Waals surface area contributed by atoms with E-state index in [0.29, 0.717) is 25.0 Å². The number of hydrogen-bond acceptors (Lipinski definition) is 4. The summed E-state index contributed by atoms with van der Waals surface area (Å²) in [4.78, 5) is 10.8. The lowest BCUT2D eigenvalue weighted by Gasteiger charge is -2.22. The summed E-state index contributed by atoms with van der Waals surface area (Å²) in [5, 5.41) is 0.589. The normalized spacial score (nSPS) is 20.1. The summed E-state index contributed by atoms with van der Waals surface area (Å²) in [6, 6.07) is 0. The van der Waals surface area contributed by atoms with Gasteiger partial charge in [0.1, 0.15) is 0 Å². The van der Waals surface area contributed by atoms with Crippen molar-refractivity contribution in [3.63, 3.8) is 0 Å². The lowest BCUT2D eigenvalue weighted by atomic mass is 10.2. The molecule has 0 aromatic rings. The zero-order chi connectivity index (χ0) is 10.4. The molecule has 80 valence electrons. The minimum atomic E-state index is -0.607. The number of ether oxygens (including phenoxy) is 3. The van der Waals surface area contributed by atoms with Crippen LogP contribution in [0.2, 0.25) is 0 Å². The number of carbonyl (C=O) groups excluding carboxylic acids is 1. The van der Waals surface area contributed by atoms with E-state index in [1.165, 1.54) is 13.2 Å². The van der Waals surface area contributed by atoms with Gasteiger partial charge in [-0.1, -0.05) is 22.0 Å². The second-order valence-corrected chi connectivity index (χ2v) is 3.43. The van der Waals surface area contributed by atoms with Crippen molar-refractivity contribution in [3.8, 4) is 0 Å². The van der Waals surface area contributed by atoms with Crippen LogP contribution in [0.1, 0.15) is 6.42 Å². The van der Waals surface area contributed by atoms with E-state index in [2.05, 4.69) is 20.7 Å². The number of carbonyl (C=O) groups is 1. The van der Waals surface area contributed by atoms with Crippen LogP contribution in [0.4, 0.5) is 0 Å². The topological polar surface area (TPSA) is 44.8 Å². The summed E-state index contributed by atoms with van der Waals surface area (Å²) in [6.07, 6.45) is 3.60. The Morgan fingerprint density at radius 1 is 1.57 bits per heavy atom. The molecule has 0 N–H and O–H groups in total. The molecule has 4 nitrogen and oxygen atoms in total. The van der Waals surface area contributed by atoms with E-state index < -0.39 is 5.79 Å². The maximum atomic E-state index is 10.8. The SMILES string of the molecule is COC(=O)/C=C/CC1(CBr)OCCO1. The average Bonchev–Trinajstić information content (AvgIpc) is 2.67. The van der Waals surface area contributed by atoms with Gasteiger partial charge in [-0.3, -0.25) is 0 Å². The van der Waals surface area contributed by atoms with E-state index in [-0.39, 0.29) is 5.97 Å². The summed E-state index contributed by atoms with van der Waals surface area (Å²) in [6.45, 7) is 1.19. The molecular weight excluding hydrogens is 252 g/mol. The van der Waals surface area contributed by atoms with Crippen LogP contribution < -0.4 is 0 Å². The maximum absolute atomic E-state index is 10.8. The number of hydrogen-bond donors (Lipinski definition) is 0. The fraction of sp³-hybridized carbons (Fsp3) is 0.667. The third kappa shape index (κ3) is 3.08. The molecule has 0 aliphatic carbocycles. The van der Waals surface area contributed by atoms with E-state index in [4.69, 9.17) is 9.47 Å². The molecule has 1 aliphatic heterocycles. The molecule has 0 aromatic carbocycles. The van der Waals surface area contributed by atoms with Gasteiger partial charge in [0.25, 0.3) is 0 Å². The summed E-state index contributed by atoms with van der Waals surface area (Å²) in [7, 11) is 1.34. The van der Waals surface area contributed by atoms with Crippen molar-refractivity contribution in [3.05, 3.63) is 12.2 Å². The van der Waals surface area contributed by atoms with Gasteiger partial charge in [-0.15, -0.1) is 0 Å². The van der Waals surface area contributed by atoms with Crippen LogP contribution >= 0.6 is 15.9 Å². The second kappa shape index (κ2) is 5.48. The molecule has 5 heteroatoms. The van der Waals surface area contributed by atoms with E-state index in [1.54, 1.807) is 6.08 Å². The number of alkyl halides is 1. The van der Waals surface area contributed by atoms with Crippen LogP contribution in [0, 0.1) is 0 Å². The van der Waals surface area contributed by atoms with Crippen molar-refractivity contribution < 1.29 is 19.0 Å². The lowest BCUT2D eigenvalue weighted by molar-refractivity contribution is -0.135. The van der Waals surface area contributed by atoms with Crippen molar-refractivity contribution in [2.24, 2.45) is 0 Å². The molecule has 0 unspecified atom stereocenters. The van der Waals surface area contributed by atoms with Crippen molar-refractivity contribution in [1.29, 1.82) is 0 Å². The standard InChI is InChI=1S/C9H13BrO4/c1-12-8(11)3-2-4-9(7-10)13-5-6-14-9/h2-3H,4-7H2,1H3/b3-2+. The Morgan fingerprint density at radius 2 is 2.21 bits per heavy atom. The highest BCUT2D eigenvalue weighted by Crippen LogP contribution is 2.25. The minimum Gasteiger partial charge on any atom is -0.466 e. The van der Waals surface area contributed by atoms with Crippen LogP contribution in [-0.4, -0.2) is 37.4 Å². The molecular formula is C9H13BrO4. The van der Waals surface area contributed by atoms with Crippen molar-refractivity contribution in [2.75, 3.05) is 25.7 Å². The van der Waals surface area contributed by atoms with Gasteiger partial charge in [-0.2, -0.15) is 0 Å². The van der Waals surface area contributed by atoms with Gasteiger partial charge in [0.15, 0.2) is 5.79 Å². The highest BCUT2D eigenvalue weighted by Gasteiger charge is 2.33. The molecule has 0 bridgehead atoms. The number of halogens is 1. The summed E-state index contributed by atoms with van der Waals surface area (Å²) in [5.74, 6) is -0.974. The largest absolute Gasteiger partial charge is 0.466 e. The third-order valence-electron chi connectivity index (χ3n) is 1.90. The van der Waals surface area contributed by atoms with Crippen LogP contribution in [0.15, 0.2) is 12.2 Å². The van der Waals surface area contributed by atoms with Gasteiger partial charge in [-0.25, -0.2) is 4.79 Å². The first-order chi connectivity index (χ1) is 6.72. The summed E-state index contributed by atoms with van der Waals surface area (Å²) < 4.78 is 15.3. The average molecular weight is 265 g/mol. The molecule has 1 saturated heterocycles. The maximum Gasteiger partial charge on any atom is 0.330 e. The highest BCUT2D eigenvalue weighted by molar-refractivity contribution is 9.09. The molecule has 0 atom stereocenters. The van der Waals surface area contributed by atoms with Crippen LogP contribution in [0.25, 0.3) is 0 Å². The van der Waals surface area contributed by atoms with Gasteiger partial charge >= 0.3 is 5.97 Å². The van der Waals surface area contributed by atoms with Crippen molar-refractivity contribution >= 4 is 21.9 Å². The Hall–Kier alpha value is -0.390. The van der Waals surface area contributed by atoms with Crippen LogP contribution in [0.3, 0.4) is 0 Å². The van der Waals surface area contributed by atoms with Crippen molar-refractivity contribution in [2.45, 2.75) is 12.2 Å². The van der Waals surface area contributed by atoms with Crippen LogP contribution in [0.5, 0.6) is 0 Å². The molecule has 1 rings (SSSR count). The smallest absolute Gasteiger partial charge is 0.330 e. The summed E-state index contributed by atoms with van der Waals surface area (Å²) in [5.41, 5.74) is 0. The Bertz CT molecular complexity index is 221. The van der Waals surface area contributed by atoms with E-state index in [9.17, 15) is 4.79 Å². The minimum absolute atomic E-state index is 0.368. The van der Waals surface area contributed by atoms with E-state index in [1.807, 2.05) is 0 Å². The zero-order valence-electron chi connectivity index (χ0n) is 7.99. The number of esters is 1. The molecule has 1 heterocycles. The van der Waals surface area contributed by atoms with E-state index in [0.717, 1.165) is 0 Å². The molecule has 0 aromatic heterocycles. The Balaban J connectivity index is 2.41. The quantitative estimate of drug-likeness (QED) is 0.436. The van der Waals surface area contributed by atoms with Gasteiger partial charge in [0.05, 0.1) is 25.7 Å². The second-order valence-electron chi connectivity index (χ2n) is 2.87. The molecule has 0 amide bonds. The van der Waals surface area contributed by atoms with Crippen molar-refractivity contribution in [1.82, 2.24) is 0 Å². The number of rotatable bonds is 4. The molecule has 0 saturated carbocycles. The molecule has 0 spiro atoms. The van der Waals surface area contributed by atoms with Gasteiger partial charge in [0, 0.05) is 12.5 Å². The first-order valence-corrected chi connectivity index (χ1v) is 5.43. The fourth-order valence-electron chi connectivity index (χ4n) is 1.15. The van der Waals surface area contributed by atoms with Gasteiger partial charge in [-0.05, 0) is 0 Å². The molecule has 14 heavy (non-hydrogen) atoms. The zero-order valence-corrected chi connectivity index (χ0v) is 9.58. The fourth-order valence-corrected chi connectivity index (χ4v) is 1.70. The highest BCUT2D eigenvalue weighted by atomic mass is 79.9. The molecule has 1 aliphatic rings. The first-order valence-electron chi connectivity index (χ1n) is 4.31. The monoisotopic (exact) mass is 264 g/mol. The Labute approximate surface area is 91.3 Å². The van der Waals surface area contributed by atoms with Crippen LogP contribution in [-0.2, 0) is 19.0 Å². The lowest BCUT2D eigenvalue weighted by Crippen LogP contribution is -2.31. The molecule has 1 fully saturated rings. The number of methoxy groups -OCH3 is 1. The first kappa shape index (κ1) is 11.7. The molecule has 0 radical (unpaired) electrons. The Morgan fingerprint density at radius 3 is 2.71 bits per heavy atom. The Kier molecular flexibility index (Phi) is 4.57. The predicted octanol–water partition coefficient (Wildman–Crippen LogP) is 1.24. The van der Waals surface area contributed by atoms with Gasteiger partial charge in [0.2, 0.25) is 0 Å². The predicted molar refractivity (Wildman–Crippen MR) is 54.2 cm³/mol.